The van der Waals surface area contributed by atoms with Crippen molar-refractivity contribution in [2.75, 3.05) is 6.54 Å². The number of rotatable bonds is 12. The van der Waals surface area contributed by atoms with Crippen LogP contribution >= 0.6 is 11.3 Å². The number of hydrogen-bond donors (Lipinski definition) is 3. The van der Waals surface area contributed by atoms with Crippen LogP contribution in [0, 0.1) is 11.3 Å². The number of fused-ring (bicyclic) bond motifs is 1. The van der Waals surface area contributed by atoms with Gasteiger partial charge in [0, 0.05) is 25.6 Å². The highest BCUT2D eigenvalue weighted by atomic mass is 32.2. The molecule has 17 heteroatoms. The number of carbonyl (C=O) groups is 4. The third kappa shape index (κ3) is 7.56. The van der Waals surface area contributed by atoms with E-state index in [1.165, 1.54) is 22.3 Å². The van der Waals surface area contributed by atoms with Gasteiger partial charge in [-0.25, -0.2) is 18.2 Å². The molecular formula is C37H47N7O8S2. The molecule has 0 aromatic carbocycles. The van der Waals surface area contributed by atoms with Crippen molar-refractivity contribution >= 4 is 56.3 Å². The lowest BCUT2D eigenvalue weighted by molar-refractivity contribution is -0.143. The molecule has 1 unspecified atom stereocenters. The number of hydrogen-bond acceptors (Lipinski definition) is 11. The lowest BCUT2D eigenvalue weighted by Gasteiger charge is -2.35. The van der Waals surface area contributed by atoms with Crippen LogP contribution in [0.5, 0.6) is 5.88 Å². The van der Waals surface area contributed by atoms with Crippen molar-refractivity contribution in [1.29, 1.82) is 0 Å². The van der Waals surface area contributed by atoms with Gasteiger partial charge in [0.2, 0.25) is 27.7 Å². The quantitative estimate of drug-likeness (QED) is 0.228. The second-order valence-corrected chi connectivity index (χ2v) is 18.8. The summed E-state index contributed by atoms with van der Waals surface area (Å²) in [6.07, 6.45) is 6.14. The van der Waals surface area contributed by atoms with Gasteiger partial charge in [-0.15, -0.1) is 17.9 Å². The van der Waals surface area contributed by atoms with Gasteiger partial charge in [-0.1, -0.05) is 32.9 Å². The maximum Gasteiger partial charge on any atom is 0.408 e. The molecule has 3 N–H and O–H groups in total. The molecule has 4 fully saturated rings. The number of nitrogens with zero attached hydrogens (tertiary/aromatic N) is 4. The van der Waals surface area contributed by atoms with Crippen molar-refractivity contribution in [1.82, 2.24) is 34.8 Å². The molecule has 3 aromatic rings. The van der Waals surface area contributed by atoms with Crippen molar-refractivity contribution < 1.29 is 37.1 Å². The van der Waals surface area contributed by atoms with E-state index in [1.54, 1.807) is 20.8 Å². The number of carbonyl (C=O) groups excluding carboxylic acids is 4. The molecule has 4 aliphatic rings. The van der Waals surface area contributed by atoms with E-state index in [0.29, 0.717) is 29.7 Å². The summed E-state index contributed by atoms with van der Waals surface area (Å²) in [4.78, 5) is 67.5. The molecule has 54 heavy (non-hydrogen) atoms. The molecule has 15 nitrogen and oxygen atoms in total. The number of likely N-dealkylation sites (tertiary alicyclic amines) is 1. The maximum atomic E-state index is 14.6. The number of aryl methyl sites for hydroxylation is 1. The minimum Gasteiger partial charge on any atom is -0.471 e. The zero-order valence-electron chi connectivity index (χ0n) is 30.9. The Balaban J connectivity index is 1.19. The lowest BCUT2D eigenvalue weighted by Crippen LogP contribution is -2.60. The Bertz CT molecular complexity index is 2070. The fourth-order valence-electron chi connectivity index (χ4n) is 7.38. The highest BCUT2D eigenvalue weighted by Crippen LogP contribution is 2.46. The standard InChI is InChI=1S/C37H47N7O8S2/c1-6-21-19-37(21,34(47)42-54(49,50)24-13-14-24)41-31(45)26-18-23(51-32-28(27-12-9-17-53-27)38-25-15-16-43(5)30(25)40-32)20-44(26)33(46)29(36(2,3)4)39-35(48)52-22-10-7-8-11-22/h6,9,12,15-17,21-24,26,29H,1,7-8,10-11,13-14,18-20H2,2-5H3,(H,39,48)(H,41,45)(H,42,47)/t21-,23-,26+,29-,37?/m1/s1. The lowest BCUT2D eigenvalue weighted by atomic mass is 9.85. The fourth-order valence-corrected chi connectivity index (χ4v) is 9.45. The molecule has 4 heterocycles. The second-order valence-electron chi connectivity index (χ2n) is 15.9. The molecule has 0 bridgehead atoms. The molecule has 3 saturated carbocycles. The zero-order valence-corrected chi connectivity index (χ0v) is 32.5. The van der Waals surface area contributed by atoms with E-state index in [-0.39, 0.29) is 31.4 Å². The summed E-state index contributed by atoms with van der Waals surface area (Å²) >= 11 is 1.47. The summed E-state index contributed by atoms with van der Waals surface area (Å²) < 4.78 is 41.7. The molecular weight excluding hydrogens is 735 g/mol. The van der Waals surface area contributed by atoms with Gasteiger partial charge in [0.25, 0.3) is 5.91 Å². The third-order valence-electron chi connectivity index (χ3n) is 10.7. The predicted molar refractivity (Wildman–Crippen MR) is 201 cm³/mol. The van der Waals surface area contributed by atoms with Crippen LogP contribution in [0.2, 0.25) is 0 Å². The van der Waals surface area contributed by atoms with E-state index >= 15 is 0 Å². The normalized spacial score (nSPS) is 24.9. The number of nitrogens with one attached hydrogen (secondary N) is 3. The van der Waals surface area contributed by atoms with E-state index in [9.17, 15) is 27.6 Å². The largest absolute Gasteiger partial charge is 0.471 e. The average molecular weight is 782 g/mol. The Morgan fingerprint density at radius 1 is 1.09 bits per heavy atom. The van der Waals surface area contributed by atoms with Crippen LogP contribution in [0.3, 0.4) is 0 Å². The molecule has 5 atom stereocenters. The van der Waals surface area contributed by atoms with Crippen LogP contribution < -0.4 is 20.1 Å². The molecule has 1 saturated heterocycles. The van der Waals surface area contributed by atoms with Crippen molar-refractivity contribution in [3.8, 4) is 16.5 Å². The Hall–Kier alpha value is -4.51. The summed E-state index contributed by atoms with van der Waals surface area (Å²) in [6, 6.07) is 3.40. The third-order valence-corrected chi connectivity index (χ3v) is 13.4. The van der Waals surface area contributed by atoms with Gasteiger partial charge in [-0.05, 0) is 67.9 Å². The predicted octanol–water partition coefficient (Wildman–Crippen LogP) is 3.80. The van der Waals surface area contributed by atoms with E-state index in [2.05, 4.69) is 21.9 Å². The Labute approximate surface area is 318 Å². The van der Waals surface area contributed by atoms with Crippen LogP contribution in [0.1, 0.15) is 72.1 Å². The summed E-state index contributed by atoms with van der Waals surface area (Å²) in [7, 11) is -2.06. The van der Waals surface area contributed by atoms with Crippen LogP contribution in [-0.2, 0) is 36.2 Å². The molecule has 290 valence electrons. The number of sulfonamides is 1. The Morgan fingerprint density at radius 2 is 1.83 bits per heavy atom. The van der Waals surface area contributed by atoms with Gasteiger partial charge < -0.3 is 29.6 Å². The summed E-state index contributed by atoms with van der Waals surface area (Å²) in [6.45, 7) is 9.15. The van der Waals surface area contributed by atoms with Gasteiger partial charge in [0.1, 0.15) is 41.0 Å². The first-order valence-electron chi connectivity index (χ1n) is 18.4. The van der Waals surface area contributed by atoms with Crippen molar-refractivity contribution in [2.24, 2.45) is 18.4 Å². The maximum absolute atomic E-state index is 14.6. The van der Waals surface area contributed by atoms with Gasteiger partial charge in [-0.3, -0.25) is 19.1 Å². The minimum atomic E-state index is -3.90. The number of thiophene rings is 1. The number of ether oxygens (including phenoxy) is 2. The van der Waals surface area contributed by atoms with Gasteiger partial charge in [-0.2, -0.15) is 4.98 Å². The Kier molecular flexibility index (Phi) is 10.00. The average Bonchev–Trinajstić information content (AvgIpc) is 3.76. The van der Waals surface area contributed by atoms with Gasteiger partial charge in [0.05, 0.1) is 16.7 Å². The Morgan fingerprint density at radius 3 is 2.46 bits per heavy atom. The highest BCUT2D eigenvalue weighted by molar-refractivity contribution is 7.91. The first kappa shape index (κ1) is 37.8. The van der Waals surface area contributed by atoms with Crippen molar-refractivity contribution in [3.05, 3.63) is 42.4 Å². The van der Waals surface area contributed by atoms with Gasteiger partial charge >= 0.3 is 6.09 Å². The first-order valence-corrected chi connectivity index (χ1v) is 20.8. The van der Waals surface area contributed by atoms with Crippen molar-refractivity contribution in [2.45, 2.75) is 107 Å². The summed E-state index contributed by atoms with van der Waals surface area (Å²) in [5.74, 6) is -2.34. The number of alkyl carbamates (subject to hydrolysis) is 1. The van der Waals surface area contributed by atoms with Crippen LogP contribution in [0.25, 0.3) is 21.7 Å². The van der Waals surface area contributed by atoms with Crippen LogP contribution in [0.4, 0.5) is 4.79 Å². The minimum absolute atomic E-state index is 0.00845. The summed E-state index contributed by atoms with van der Waals surface area (Å²) in [5, 5.41) is 6.87. The van der Waals surface area contributed by atoms with E-state index < -0.39 is 74.1 Å². The molecule has 0 spiro atoms. The van der Waals surface area contributed by atoms with Crippen LogP contribution in [0.15, 0.2) is 42.4 Å². The first-order chi connectivity index (χ1) is 25.6. The summed E-state index contributed by atoms with van der Waals surface area (Å²) in [5.41, 5.74) is -0.592. The second kappa shape index (κ2) is 14.3. The zero-order chi connectivity index (χ0) is 38.6. The van der Waals surface area contributed by atoms with Crippen molar-refractivity contribution in [3.63, 3.8) is 0 Å². The fraction of sp³-hybridized carbons (Fsp3) is 0.568. The molecule has 3 aliphatic carbocycles. The van der Waals surface area contributed by atoms with E-state index in [0.717, 1.165) is 30.6 Å². The van der Waals surface area contributed by atoms with Gasteiger partial charge in [0.15, 0.2) is 5.65 Å². The molecule has 1 aliphatic heterocycles. The van der Waals surface area contributed by atoms with Crippen LogP contribution in [-0.4, -0.2) is 93.3 Å². The monoisotopic (exact) mass is 781 g/mol. The van der Waals surface area contributed by atoms with E-state index in [1.807, 2.05) is 41.4 Å². The highest BCUT2D eigenvalue weighted by Gasteiger charge is 2.62. The molecule has 3 aromatic heterocycles. The SMILES string of the molecule is C=C[C@@H]1CC1(NC(=O)[C@@H]1C[C@@H](Oc2nc3c(ccn3C)nc2-c2cccs2)CN1C(=O)[C@@H](NC(=O)OC1CCCC1)C(C)(C)C)C(=O)NS(=O)(=O)C1CC1. The number of amides is 4. The smallest absolute Gasteiger partial charge is 0.408 e. The molecule has 0 radical (unpaired) electrons. The topological polar surface area (TPSA) is 191 Å². The number of aromatic nitrogens is 3. The molecule has 7 rings (SSSR count). The van der Waals surface area contributed by atoms with E-state index in [4.69, 9.17) is 19.4 Å². The molecule has 4 amide bonds.